The molecule has 0 amide bonds. The lowest BCUT2D eigenvalue weighted by Crippen LogP contribution is -2.24. The Balaban J connectivity index is 0.000000996. The van der Waals surface area contributed by atoms with Crippen molar-refractivity contribution in [2.24, 2.45) is 5.92 Å². The third kappa shape index (κ3) is 10.0. The van der Waals surface area contributed by atoms with Gasteiger partial charge in [-0.05, 0) is 72.1 Å². The topological polar surface area (TPSA) is 82.9 Å². The van der Waals surface area contributed by atoms with Gasteiger partial charge in [0.2, 0.25) is 0 Å². The largest absolute Gasteiger partial charge is 0.503 e. The fourth-order valence-corrected chi connectivity index (χ4v) is 5.27. The summed E-state index contributed by atoms with van der Waals surface area (Å²) in [5.41, 5.74) is 4.40. The molecule has 3 aromatic carbocycles. The molecular weight excluding hydrogens is 577 g/mol. The van der Waals surface area contributed by atoms with Crippen molar-refractivity contribution in [1.82, 2.24) is 4.98 Å². The van der Waals surface area contributed by atoms with Crippen molar-refractivity contribution in [1.29, 1.82) is 0 Å². The number of alkyl halides is 3. The normalized spacial score (nSPS) is 12.9. The fourth-order valence-electron chi connectivity index (χ4n) is 4.41. The van der Waals surface area contributed by atoms with E-state index in [-0.39, 0.29) is 0 Å². The summed E-state index contributed by atoms with van der Waals surface area (Å²) in [4.78, 5) is 15.6. The minimum atomic E-state index is -4.35. The van der Waals surface area contributed by atoms with Gasteiger partial charge < -0.3 is 19.8 Å². The molecule has 1 aromatic heterocycles. The predicted molar refractivity (Wildman–Crippen MR) is 163 cm³/mol. The summed E-state index contributed by atoms with van der Waals surface area (Å²) in [6.07, 6.45) is -2.57. The SMILES string of the molecule is CC(C)CCN(Cc1ccc(COc2ccc(C3CC3)cc2)cc1)c1nc(-c2ccc(C(F)(F)F)cc2)cs1.O=C(O)O. The first-order valence-electron chi connectivity index (χ1n) is 14.1. The van der Waals surface area contributed by atoms with Gasteiger partial charge in [-0.25, -0.2) is 9.78 Å². The lowest BCUT2D eigenvalue weighted by atomic mass is 10.1. The van der Waals surface area contributed by atoms with E-state index in [1.54, 1.807) is 0 Å². The van der Waals surface area contributed by atoms with Gasteiger partial charge in [0.1, 0.15) is 12.4 Å². The number of hydrogen-bond donors (Lipinski definition) is 2. The third-order valence-corrected chi connectivity index (χ3v) is 7.88. The van der Waals surface area contributed by atoms with Crippen LogP contribution in [0.15, 0.2) is 78.2 Å². The van der Waals surface area contributed by atoms with Gasteiger partial charge in [-0.1, -0.05) is 62.4 Å². The zero-order valence-corrected chi connectivity index (χ0v) is 24.9. The molecule has 1 heterocycles. The lowest BCUT2D eigenvalue weighted by molar-refractivity contribution is -0.137. The molecule has 1 aliphatic carbocycles. The molecule has 10 heteroatoms. The first-order chi connectivity index (χ1) is 20.5. The van der Waals surface area contributed by atoms with Crippen LogP contribution in [0.2, 0.25) is 0 Å². The Morgan fingerprint density at radius 2 is 1.58 bits per heavy atom. The average Bonchev–Trinajstić information content (AvgIpc) is 3.70. The standard InChI is InChI=1S/C32H33F3N2OS.CH2O3/c1-22(2)17-18-37(31-36-30(21-39-31)27-9-13-28(14-10-27)32(33,34)35)19-23-3-5-24(6-4-23)20-38-29-15-11-26(12-16-29)25-7-8-25;2-1(3)4/h3-6,9-16,21-22,25H,7-8,17-20H2,1-2H3;(H2,2,3,4). The van der Waals surface area contributed by atoms with E-state index in [2.05, 4.69) is 67.3 Å². The smallest absolute Gasteiger partial charge is 0.489 e. The van der Waals surface area contributed by atoms with Crippen LogP contribution in [0.1, 0.15) is 61.3 Å². The maximum atomic E-state index is 12.9. The molecule has 43 heavy (non-hydrogen) atoms. The first-order valence-corrected chi connectivity index (χ1v) is 15.0. The van der Waals surface area contributed by atoms with E-state index in [0.717, 1.165) is 47.5 Å². The first kappa shape index (κ1) is 31.9. The van der Waals surface area contributed by atoms with Crippen molar-refractivity contribution in [3.63, 3.8) is 0 Å². The Hall–Kier alpha value is -4.05. The van der Waals surface area contributed by atoms with Gasteiger partial charge in [0.05, 0.1) is 11.3 Å². The van der Waals surface area contributed by atoms with E-state index in [4.69, 9.17) is 24.7 Å². The van der Waals surface area contributed by atoms with Gasteiger partial charge in [-0.15, -0.1) is 11.3 Å². The second-order valence-corrected chi connectivity index (χ2v) is 11.8. The van der Waals surface area contributed by atoms with Crippen molar-refractivity contribution < 1.29 is 32.9 Å². The highest BCUT2D eigenvalue weighted by Gasteiger charge is 2.30. The van der Waals surface area contributed by atoms with E-state index in [1.807, 2.05) is 5.38 Å². The van der Waals surface area contributed by atoms with Gasteiger partial charge in [0, 0.05) is 24.0 Å². The molecule has 1 fully saturated rings. The number of rotatable bonds is 11. The van der Waals surface area contributed by atoms with E-state index in [0.29, 0.717) is 30.3 Å². The molecule has 0 radical (unpaired) electrons. The molecule has 1 aliphatic rings. The molecule has 5 rings (SSSR count). The number of thiazole rings is 1. The number of halogens is 3. The second kappa shape index (κ2) is 14.4. The zero-order valence-electron chi connectivity index (χ0n) is 24.1. The van der Waals surface area contributed by atoms with Crippen LogP contribution in [-0.4, -0.2) is 27.9 Å². The maximum absolute atomic E-state index is 12.9. The number of aromatic nitrogens is 1. The molecular formula is C33H35F3N2O4S. The fraction of sp³-hybridized carbons (Fsp3) is 0.333. The highest BCUT2D eigenvalue weighted by atomic mass is 32.1. The number of hydrogen-bond acceptors (Lipinski definition) is 5. The Kier molecular flexibility index (Phi) is 10.7. The van der Waals surface area contributed by atoms with Crippen LogP contribution in [0.5, 0.6) is 5.75 Å². The Bertz CT molecular complexity index is 1450. The number of anilines is 1. The van der Waals surface area contributed by atoms with Crippen molar-refractivity contribution in [3.05, 3.63) is 100 Å². The Labute approximate surface area is 253 Å². The molecule has 1 saturated carbocycles. The van der Waals surface area contributed by atoms with Gasteiger partial charge in [-0.2, -0.15) is 13.2 Å². The van der Waals surface area contributed by atoms with E-state index < -0.39 is 17.9 Å². The van der Waals surface area contributed by atoms with Crippen LogP contribution in [0.3, 0.4) is 0 Å². The van der Waals surface area contributed by atoms with Gasteiger partial charge >= 0.3 is 12.3 Å². The number of benzene rings is 3. The molecule has 0 unspecified atom stereocenters. The number of carbonyl (C=O) groups is 1. The maximum Gasteiger partial charge on any atom is 0.503 e. The van der Waals surface area contributed by atoms with Crippen LogP contribution >= 0.6 is 11.3 Å². The van der Waals surface area contributed by atoms with Crippen LogP contribution < -0.4 is 9.64 Å². The minimum Gasteiger partial charge on any atom is -0.489 e. The van der Waals surface area contributed by atoms with Crippen molar-refractivity contribution >= 4 is 22.6 Å². The molecule has 2 N–H and O–H groups in total. The van der Waals surface area contributed by atoms with Crippen molar-refractivity contribution in [2.75, 3.05) is 11.4 Å². The van der Waals surface area contributed by atoms with E-state index in [9.17, 15) is 13.2 Å². The summed E-state index contributed by atoms with van der Waals surface area (Å²) < 4.78 is 44.8. The second-order valence-electron chi connectivity index (χ2n) is 10.9. The van der Waals surface area contributed by atoms with E-state index >= 15 is 0 Å². The van der Waals surface area contributed by atoms with E-state index in [1.165, 1.54) is 47.4 Å². The van der Waals surface area contributed by atoms with Gasteiger partial charge in [0.25, 0.3) is 0 Å². The molecule has 0 spiro atoms. The predicted octanol–water partition coefficient (Wildman–Crippen LogP) is 9.56. The van der Waals surface area contributed by atoms with Crippen molar-refractivity contribution in [2.45, 2.75) is 58.4 Å². The van der Waals surface area contributed by atoms with Crippen LogP contribution in [0, 0.1) is 5.92 Å². The molecule has 0 atom stereocenters. The van der Waals surface area contributed by atoms with Crippen molar-refractivity contribution in [3.8, 4) is 17.0 Å². The Morgan fingerprint density at radius 1 is 0.977 bits per heavy atom. The summed E-state index contributed by atoms with van der Waals surface area (Å²) in [5, 5.41) is 16.7. The third-order valence-electron chi connectivity index (χ3n) is 6.98. The van der Waals surface area contributed by atoms with Crippen LogP contribution in [0.4, 0.5) is 23.1 Å². The minimum absolute atomic E-state index is 0.517. The quantitative estimate of drug-likeness (QED) is 0.176. The summed E-state index contributed by atoms with van der Waals surface area (Å²) >= 11 is 1.52. The number of carboxylic acid groups (broad SMARTS) is 2. The van der Waals surface area contributed by atoms with Crippen LogP contribution in [0.25, 0.3) is 11.3 Å². The Morgan fingerprint density at radius 3 is 2.14 bits per heavy atom. The summed E-state index contributed by atoms with van der Waals surface area (Å²) in [5.74, 6) is 2.17. The highest BCUT2D eigenvalue weighted by Crippen LogP contribution is 2.40. The molecule has 6 nitrogen and oxygen atoms in total. The summed E-state index contributed by atoms with van der Waals surface area (Å²) in [6.45, 7) is 6.46. The van der Waals surface area contributed by atoms with Crippen LogP contribution in [-0.2, 0) is 19.3 Å². The zero-order chi connectivity index (χ0) is 31.0. The molecule has 228 valence electrons. The van der Waals surface area contributed by atoms with Gasteiger partial charge in [-0.3, -0.25) is 0 Å². The summed E-state index contributed by atoms with van der Waals surface area (Å²) in [7, 11) is 0. The number of ether oxygens (including phenoxy) is 1. The number of nitrogens with zero attached hydrogens (tertiary/aromatic N) is 2. The molecule has 0 aliphatic heterocycles. The van der Waals surface area contributed by atoms with Gasteiger partial charge in [0.15, 0.2) is 5.13 Å². The highest BCUT2D eigenvalue weighted by molar-refractivity contribution is 7.14. The lowest BCUT2D eigenvalue weighted by Gasteiger charge is -2.23. The monoisotopic (exact) mass is 612 g/mol. The molecule has 0 saturated heterocycles. The average molecular weight is 613 g/mol. The molecule has 4 aromatic rings. The molecule has 0 bridgehead atoms. The summed E-state index contributed by atoms with van der Waals surface area (Å²) in [6, 6.07) is 22.1.